The monoisotopic (exact) mass is 191 g/mol. The average molecular weight is 191 g/mol. The highest BCUT2D eigenvalue weighted by molar-refractivity contribution is 7.13. The van der Waals surface area contributed by atoms with Gasteiger partial charge >= 0.3 is 0 Å². The first-order valence-corrected chi connectivity index (χ1v) is 5.41. The van der Waals surface area contributed by atoms with E-state index in [4.69, 9.17) is 0 Å². The second-order valence-corrected chi connectivity index (χ2v) is 4.03. The predicted molar refractivity (Wildman–Crippen MR) is 58.2 cm³/mol. The van der Waals surface area contributed by atoms with Gasteiger partial charge in [0.15, 0.2) is 0 Å². The Hall–Kier alpha value is -1.02. The van der Waals surface area contributed by atoms with E-state index in [9.17, 15) is 0 Å². The van der Waals surface area contributed by atoms with E-state index in [0.29, 0.717) is 0 Å². The standard InChI is InChI=1S/C11H13NS/c1-3-12-9(2)6-7-10(12)11-5-4-8-13-11/h4-8H,3H2,1-2H3. The van der Waals surface area contributed by atoms with Crippen molar-refractivity contribution < 1.29 is 0 Å². The summed E-state index contributed by atoms with van der Waals surface area (Å²) >= 11 is 1.80. The molecular weight excluding hydrogens is 178 g/mol. The molecule has 13 heavy (non-hydrogen) atoms. The lowest BCUT2D eigenvalue weighted by Gasteiger charge is -2.06. The van der Waals surface area contributed by atoms with Gasteiger partial charge in [0.2, 0.25) is 0 Å². The molecule has 0 unspecified atom stereocenters. The first-order valence-electron chi connectivity index (χ1n) is 4.53. The molecule has 0 saturated carbocycles. The van der Waals surface area contributed by atoms with E-state index in [2.05, 4.69) is 48.1 Å². The van der Waals surface area contributed by atoms with E-state index >= 15 is 0 Å². The fourth-order valence-electron chi connectivity index (χ4n) is 1.63. The van der Waals surface area contributed by atoms with Crippen LogP contribution >= 0.6 is 11.3 Å². The number of hydrogen-bond acceptors (Lipinski definition) is 1. The third kappa shape index (κ3) is 1.42. The molecule has 2 rings (SSSR count). The molecule has 0 fully saturated rings. The molecule has 0 aliphatic heterocycles. The minimum Gasteiger partial charge on any atom is -0.345 e. The number of aryl methyl sites for hydroxylation is 1. The number of nitrogens with zero attached hydrogens (tertiary/aromatic N) is 1. The summed E-state index contributed by atoms with van der Waals surface area (Å²) in [5, 5.41) is 2.12. The molecule has 0 radical (unpaired) electrons. The Morgan fingerprint density at radius 3 is 2.77 bits per heavy atom. The van der Waals surface area contributed by atoms with Crippen LogP contribution < -0.4 is 0 Å². The van der Waals surface area contributed by atoms with Gasteiger partial charge in [-0.05, 0) is 37.4 Å². The van der Waals surface area contributed by atoms with Crippen molar-refractivity contribution in [1.82, 2.24) is 4.57 Å². The summed E-state index contributed by atoms with van der Waals surface area (Å²) in [4.78, 5) is 1.36. The molecule has 0 saturated heterocycles. The van der Waals surface area contributed by atoms with Gasteiger partial charge in [-0.1, -0.05) is 6.07 Å². The summed E-state index contributed by atoms with van der Waals surface area (Å²) in [5.74, 6) is 0. The van der Waals surface area contributed by atoms with Crippen LogP contribution in [0.4, 0.5) is 0 Å². The number of thiophene rings is 1. The maximum atomic E-state index is 2.34. The third-order valence-corrected chi connectivity index (χ3v) is 3.18. The smallest absolute Gasteiger partial charge is 0.0583 e. The SMILES string of the molecule is CCn1c(C)ccc1-c1cccs1. The molecule has 2 aromatic rings. The number of aromatic nitrogens is 1. The van der Waals surface area contributed by atoms with Crippen LogP contribution in [0.2, 0.25) is 0 Å². The van der Waals surface area contributed by atoms with Crippen LogP contribution in [0.1, 0.15) is 12.6 Å². The summed E-state index contributed by atoms with van der Waals surface area (Å²) < 4.78 is 2.34. The van der Waals surface area contributed by atoms with Crippen LogP contribution in [0.3, 0.4) is 0 Å². The molecule has 0 aliphatic carbocycles. The van der Waals surface area contributed by atoms with Gasteiger partial charge in [-0.3, -0.25) is 0 Å². The summed E-state index contributed by atoms with van der Waals surface area (Å²) in [6.45, 7) is 5.39. The van der Waals surface area contributed by atoms with Gasteiger partial charge in [0.1, 0.15) is 0 Å². The Morgan fingerprint density at radius 1 is 1.31 bits per heavy atom. The van der Waals surface area contributed by atoms with Gasteiger partial charge in [0, 0.05) is 12.2 Å². The van der Waals surface area contributed by atoms with Crippen LogP contribution in [0.25, 0.3) is 10.6 Å². The number of rotatable bonds is 2. The van der Waals surface area contributed by atoms with Crippen LogP contribution in [0.5, 0.6) is 0 Å². The average Bonchev–Trinajstić information content (AvgIpc) is 2.71. The van der Waals surface area contributed by atoms with Crippen molar-refractivity contribution in [3.05, 3.63) is 35.3 Å². The van der Waals surface area contributed by atoms with E-state index in [0.717, 1.165) is 6.54 Å². The van der Waals surface area contributed by atoms with Gasteiger partial charge < -0.3 is 4.57 Å². The van der Waals surface area contributed by atoms with Gasteiger partial charge in [-0.25, -0.2) is 0 Å². The van der Waals surface area contributed by atoms with Crippen molar-refractivity contribution >= 4 is 11.3 Å². The molecule has 0 spiro atoms. The normalized spacial score (nSPS) is 10.6. The molecule has 2 heterocycles. The van der Waals surface area contributed by atoms with Gasteiger partial charge in [-0.2, -0.15) is 0 Å². The van der Waals surface area contributed by atoms with Crippen molar-refractivity contribution in [2.24, 2.45) is 0 Å². The molecule has 0 amide bonds. The molecule has 0 aromatic carbocycles. The molecule has 2 aromatic heterocycles. The second kappa shape index (κ2) is 3.38. The highest BCUT2D eigenvalue weighted by Gasteiger charge is 2.05. The molecule has 1 nitrogen and oxygen atoms in total. The van der Waals surface area contributed by atoms with Gasteiger partial charge in [0.05, 0.1) is 10.6 Å². The molecule has 0 atom stereocenters. The molecule has 0 bridgehead atoms. The molecule has 68 valence electrons. The summed E-state index contributed by atoms with van der Waals surface area (Å²) in [6, 6.07) is 8.65. The summed E-state index contributed by atoms with van der Waals surface area (Å²) in [5.41, 5.74) is 2.68. The van der Waals surface area contributed by atoms with Crippen molar-refractivity contribution in [2.75, 3.05) is 0 Å². The lowest BCUT2D eigenvalue weighted by Crippen LogP contribution is -1.97. The maximum absolute atomic E-state index is 2.34. The largest absolute Gasteiger partial charge is 0.345 e. The minimum absolute atomic E-state index is 1.05. The van der Waals surface area contributed by atoms with E-state index < -0.39 is 0 Å². The first kappa shape index (κ1) is 8.57. The fourth-order valence-corrected chi connectivity index (χ4v) is 2.39. The van der Waals surface area contributed by atoms with Crippen LogP contribution in [-0.4, -0.2) is 4.57 Å². The molecule has 2 heteroatoms. The highest BCUT2D eigenvalue weighted by Crippen LogP contribution is 2.26. The molecular formula is C11H13NS. The van der Waals surface area contributed by atoms with Crippen LogP contribution in [-0.2, 0) is 6.54 Å². The minimum atomic E-state index is 1.05. The van der Waals surface area contributed by atoms with E-state index in [-0.39, 0.29) is 0 Å². The van der Waals surface area contributed by atoms with Crippen LogP contribution in [0, 0.1) is 6.92 Å². The van der Waals surface area contributed by atoms with Crippen molar-refractivity contribution in [3.8, 4) is 10.6 Å². The van der Waals surface area contributed by atoms with E-state index in [1.54, 1.807) is 11.3 Å². The maximum Gasteiger partial charge on any atom is 0.0583 e. The first-order chi connectivity index (χ1) is 6.33. The zero-order chi connectivity index (χ0) is 9.26. The van der Waals surface area contributed by atoms with E-state index in [1.165, 1.54) is 16.3 Å². The zero-order valence-corrected chi connectivity index (χ0v) is 8.77. The Bertz CT molecular complexity index is 384. The second-order valence-electron chi connectivity index (χ2n) is 3.08. The fraction of sp³-hybridized carbons (Fsp3) is 0.273. The van der Waals surface area contributed by atoms with Crippen molar-refractivity contribution in [1.29, 1.82) is 0 Å². The van der Waals surface area contributed by atoms with Crippen molar-refractivity contribution in [3.63, 3.8) is 0 Å². The van der Waals surface area contributed by atoms with Gasteiger partial charge in [-0.15, -0.1) is 11.3 Å². The molecule has 0 N–H and O–H groups in total. The summed E-state index contributed by atoms with van der Waals surface area (Å²) in [6.07, 6.45) is 0. The van der Waals surface area contributed by atoms with Crippen LogP contribution in [0.15, 0.2) is 29.6 Å². The van der Waals surface area contributed by atoms with E-state index in [1.807, 2.05) is 0 Å². The Morgan fingerprint density at radius 2 is 2.15 bits per heavy atom. The lowest BCUT2D eigenvalue weighted by atomic mass is 10.3. The Labute approximate surface area is 82.6 Å². The topological polar surface area (TPSA) is 4.93 Å². The van der Waals surface area contributed by atoms with Gasteiger partial charge in [0.25, 0.3) is 0 Å². The number of hydrogen-bond donors (Lipinski definition) is 0. The quantitative estimate of drug-likeness (QED) is 0.684. The Kier molecular flexibility index (Phi) is 2.23. The third-order valence-electron chi connectivity index (χ3n) is 2.29. The Balaban J connectivity index is 2.52. The summed E-state index contributed by atoms with van der Waals surface area (Å²) in [7, 11) is 0. The zero-order valence-electron chi connectivity index (χ0n) is 7.95. The lowest BCUT2D eigenvalue weighted by molar-refractivity contribution is 0.751. The van der Waals surface area contributed by atoms with Crippen molar-refractivity contribution in [2.45, 2.75) is 20.4 Å². The highest BCUT2D eigenvalue weighted by atomic mass is 32.1. The predicted octanol–water partition coefficient (Wildman–Crippen LogP) is 3.54. The molecule has 0 aliphatic rings.